The van der Waals surface area contributed by atoms with Gasteiger partial charge in [0.1, 0.15) is 11.8 Å². The highest BCUT2D eigenvalue weighted by Gasteiger charge is 2.09. The highest BCUT2D eigenvalue weighted by molar-refractivity contribution is 7.98. The Morgan fingerprint density at radius 3 is 2.90 bits per heavy atom. The monoisotopic (exact) mass is 304 g/mol. The van der Waals surface area contributed by atoms with Crippen molar-refractivity contribution < 1.29 is 9.90 Å². The van der Waals surface area contributed by atoms with Crippen LogP contribution in [0.5, 0.6) is 0 Å². The fourth-order valence-corrected chi connectivity index (χ4v) is 2.63. The number of nitriles is 1. The molecular formula is C14H9ClN2O2S. The van der Waals surface area contributed by atoms with Crippen molar-refractivity contribution in [3.05, 3.63) is 58.4 Å². The number of carboxylic acids is 1. The van der Waals surface area contributed by atoms with Crippen molar-refractivity contribution in [1.82, 2.24) is 4.98 Å². The van der Waals surface area contributed by atoms with E-state index < -0.39 is 5.97 Å². The van der Waals surface area contributed by atoms with Gasteiger partial charge in [0.05, 0.1) is 10.6 Å². The van der Waals surface area contributed by atoms with Crippen LogP contribution in [-0.4, -0.2) is 16.1 Å². The Kier molecular flexibility index (Phi) is 4.61. The first-order valence-corrected chi connectivity index (χ1v) is 6.97. The van der Waals surface area contributed by atoms with E-state index in [1.54, 1.807) is 30.5 Å². The molecule has 0 amide bonds. The fraction of sp³-hybridized carbons (Fsp3) is 0.0714. The van der Waals surface area contributed by atoms with E-state index in [9.17, 15) is 4.79 Å². The maximum atomic E-state index is 11.0. The van der Waals surface area contributed by atoms with Crippen molar-refractivity contribution in [2.45, 2.75) is 10.6 Å². The molecule has 0 radical (unpaired) electrons. The second kappa shape index (κ2) is 6.42. The first-order valence-electron chi connectivity index (χ1n) is 5.61. The van der Waals surface area contributed by atoms with Gasteiger partial charge in [-0.2, -0.15) is 5.26 Å². The van der Waals surface area contributed by atoms with Crippen LogP contribution in [-0.2, 0) is 5.75 Å². The lowest BCUT2D eigenvalue weighted by Gasteiger charge is -2.05. The van der Waals surface area contributed by atoms with Gasteiger partial charge in [0.15, 0.2) is 0 Å². The smallest absolute Gasteiger partial charge is 0.337 e. The lowest BCUT2D eigenvalue weighted by Crippen LogP contribution is -1.97. The maximum absolute atomic E-state index is 11.0. The Morgan fingerprint density at radius 1 is 1.40 bits per heavy atom. The Balaban J connectivity index is 2.13. The molecule has 1 aromatic carbocycles. The second-order valence-electron chi connectivity index (χ2n) is 3.90. The largest absolute Gasteiger partial charge is 0.478 e. The summed E-state index contributed by atoms with van der Waals surface area (Å²) in [5.74, 6) is -0.425. The molecule has 0 saturated carbocycles. The van der Waals surface area contributed by atoms with E-state index >= 15 is 0 Å². The van der Waals surface area contributed by atoms with Crippen LogP contribution in [0.1, 0.15) is 21.6 Å². The summed E-state index contributed by atoms with van der Waals surface area (Å²) in [4.78, 5) is 15.7. The van der Waals surface area contributed by atoms with E-state index in [0.29, 0.717) is 11.4 Å². The molecule has 4 nitrogen and oxygen atoms in total. The summed E-state index contributed by atoms with van der Waals surface area (Å²) in [6.07, 6.45) is 1.58. The molecule has 0 atom stereocenters. The number of aromatic nitrogens is 1. The Labute approximate surface area is 125 Å². The summed E-state index contributed by atoms with van der Waals surface area (Å²) in [7, 11) is 0. The van der Waals surface area contributed by atoms with Crippen LogP contribution in [0.15, 0.2) is 41.4 Å². The summed E-state index contributed by atoms with van der Waals surface area (Å²) in [5.41, 5.74) is 1.41. The Hall–Kier alpha value is -2.03. The quantitative estimate of drug-likeness (QED) is 0.874. The van der Waals surface area contributed by atoms with Crippen LogP contribution in [0.4, 0.5) is 0 Å². The normalized spacial score (nSPS) is 10.0. The topological polar surface area (TPSA) is 74.0 Å². The Bertz CT molecular complexity index is 698. The number of halogens is 1. The van der Waals surface area contributed by atoms with Gasteiger partial charge in [-0.25, -0.2) is 9.78 Å². The predicted molar refractivity (Wildman–Crippen MR) is 76.9 cm³/mol. The molecule has 0 fully saturated rings. The molecule has 20 heavy (non-hydrogen) atoms. The first kappa shape index (κ1) is 14.4. The molecule has 0 saturated heterocycles. The molecule has 2 aromatic rings. The van der Waals surface area contributed by atoms with Crippen LogP contribution in [0.3, 0.4) is 0 Å². The molecule has 0 aliphatic heterocycles. The standard InChI is InChI=1S/C14H9ClN2O2S/c15-13-2-1-11(6-12(13)14(18)19)20-8-9-3-4-17-10(5-9)7-16/h1-6H,8H2,(H,18,19). The SMILES string of the molecule is N#Cc1cc(CSc2ccc(Cl)c(C(=O)O)c2)ccn1. The van der Waals surface area contributed by atoms with Gasteiger partial charge in [0.2, 0.25) is 0 Å². The van der Waals surface area contributed by atoms with Gasteiger partial charge < -0.3 is 5.11 Å². The molecule has 0 aliphatic carbocycles. The number of nitrogens with zero attached hydrogens (tertiary/aromatic N) is 2. The lowest BCUT2D eigenvalue weighted by molar-refractivity contribution is 0.0697. The molecule has 100 valence electrons. The highest BCUT2D eigenvalue weighted by Crippen LogP contribution is 2.27. The van der Waals surface area contributed by atoms with E-state index in [1.165, 1.54) is 11.8 Å². The summed E-state index contributed by atoms with van der Waals surface area (Å²) < 4.78 is 0. The van der Waals surface area contributed by atoms with Crippen LogP contribution < -0.4 is 0 Å². The summed E-state index contributed by atoms with van der Waals surface area (Å²) >= 11 is 7.29. The van der Waals surface area contributed by atoms with E-state index in [1.807, 2.05) is 12.1 Å². The van der Waals surface area contributed by atoms with Crippen LogP contribution in [0.2, 0.25) is 5.02 Å². The molecular weight excluding hydrogens is 296 g/mol. The molecule has 0 spiro atoms. The van der Waals surface area contributed by atoms with E-state index in [2.05, 4.69) is 4.98 Å². The number of thioether (sulfide) groups is 1. The van der Waals surface area contributed by atoms with Crippen molar-refractivity contribution >= 4 is 29.3 Å². The van der Waals surface area contributed by atoms with Crippen LogP contribution in [0, 0.1) is 11.3 Å². The average molecular weight is 305 g/mol. The van der Waals surface area contributed by atoms with Crippen LogP contribution >= 0.6 is 23.4 Å². The zero-order chi connectivity index (χ0) is 14.5. The molecule has 0 unspecified atom stereocenters. The molecule has 2 rings (SSSR count). The minimum absolute atomic E-state index is 0.0871. The number of hydrogen-bond donors (Lipinski definition) is 1. The van der Waals surface area contributed by atoms with Crippen LogP contribution in [0.25, 0.3) is 0 Å². The van der Waals surface area contributed by atoms with Crippen molar-refractivity contribution in [1.29, 1.82) is 5.26 Å². The number of hydrogen-bond acceptors (Lipinski definition) is 4. The number of carbonyl (C=O) groups is 1. The molecule has 1 aromatic heterocycles. The van der Waals surface area contributed by atoms with Crippen molar-refractivity contribution in [3.8, 4) is 6.07 Å². The average Bonchev–Trinajstić information content (AvgIpc) is 2.46. The van der Waals surface area contributed by atoms with Gasteiger partial charge in [-0.05, 0) is 35.9 Å². The summed E-state index contributed by atoms with van der Waals surface area (Å²) in [6, 6.07) is 10.4. The molecule has 0 bridgehead atoms. The minimum atomic E-state index is -1.05. The third kappa shape index (κ3) is 3.50. The molecule has 1 heterocycles. The number of benzene rings is 1. The Morgan fingerprint density at radius 2 is 2.20 bits per heavy atom. The van der Waals surface area contributed by atoms with Gasteiger partial charge in [0.25, 0.3) is 0 Å². The molecule has 0 aliphatic rings. The number of pyridine rings is 1. The second-order valence-corrected chi connectivity index (χ2v) is 5.35. The van der Waals surface area contributed by atoms with Gasteiger partial charge >= 0.3 is 5.97 Å². The lowest BCUT2D eigenvalue weighted by atomic mass is 10.2. The first-order chi connectivity index (χ1) is 9.60. The molecule has 1 N–H and O–H groups in total. The minimum Gasteiger partial charge on any atom is -0.478 e. The summed E-state index contributed by atoms with van der Waals surface area (Å²) in [6.45, 7) is 0. The van der Waals surface area contributed by atoms with Gasteiger partial charge in [-0.1, -0.05) is 11.6 Å². The number of aromatic carboxylic acids is 1. The van der Waals surface area contributed by atoms with Crippen molar-refractivity contribution in [2.24, 2.45) is 0 Å². The highest BCUT2D eigenvalue weighted by atomic mass is 35.5. The maximum Gasteiger partial charge on any atom is 0.337 e. The fourth-order valence-electron chi connectivity index (χ4n) is 1.55. The van der Waals surface area contributed by atoms with E-state index in [-0.39, 0.29) is 10.6 Å². The van der Waals surface area contributed by atoms with Crippen molar-refractivity contribution in [2.75, 3.05) is 0 Å². The predicted octanol–water partition coefficient (Wildman–Crippen LogP) is 3.60. The van der Waals surface area contributed by atoms with Gasteiger partial charge in [0, 0.05) is 16.8 Å². The number of rotatable bonds is 4. The third-order valence-corrected chi connectivity index (χ3v) is 3.91. The van der Waals surface area contributed by atoms with Crippen molar-refractivity contribution in [3.63, 3.8) is 0 Å². The summed E-state index contributed by atoms with van der Waals surface area (Å²) in [5, 5.41) is 18.0. The van der Waals surface area contributed by atoms with Gasteiger partial charge in [-0.15, -0.1) is 11.8 Å². The molecule has 6 heteroatoms. The zero-order valence-electron chi connectivity index (χ0n) is 10.2. The van der Waals surface area contributed by atoms with E-state index in [4.69, 9.17) is 22.0 Å². The number of carboxylic acid groups (broad SMARTS) is 1. The van der Waals surface area contributed by atoms with E-state index in [0.717, 1.165) is 10.5 Å². The van der Waals surface area contributed by atoms with Gasteiger partial charge in [-0.3, -0.25) is 0 Å². The third-order valence-electron chi connectivity index (χ3n) is 2.51. The zero-order valence-corrected chi connectivity index (χ0v) is 11.8.